The summed E-state index contributed by atoms with van der Waals surface area (Å²) in [7, 11) is -0.561. The number of nitrogens with one attached hydrogen (secondary N) is 1. The van der Waals surface area contributed by atoms with Crippen LogP contribution in [0, 0.1) is 0 Å². The molecule has 0 aromatic carbocycles. The van der Waals surface area contributed by atoms with Gasteiger partial charge in [-0.25, -0.2) is 0 Å². The van der Waals surface area contributed by atoms with E-state index in [1.165, 1.54) is 4.88 Å². The molecule has 1 aromatic rings. The molecule has 1 aliphatic heterocycles. The average Bonchev–Trinajstić information content (AvgIpc) is 2.68. The van der Waals surface area contributed by atoms with Crippen LogP contribution in [0.5, 0.6) is 0 Å². The smallest absolute Gasteiger partial charge is 0.0388 e. The third-order valence-corrected chi connectivity index (χ3v) is 6.15. The Morgan fingerprint density at radius 1 is 1.56 bits per heavy atom. The highest BCUT2D eigenvalue weighted by molar-refractivity contribution is 9.10. The molecule has 1 N–H and O–H groups in total. The summed E-state index contributed by atoms with van der Waals surface area (Å²) in [5, 5.41) is 5.74. The Morgan fingerprint density at radius 2 is 2.25 bits per heavy atom. The molecule has 0 radical (unpaired) electrons. The van der Waals surface area contributed by atoms with Gasteiger partial charge in [0.05, 0.1) is 0 Å². The lowest BCUT2D eigenvalue weighted by Gasteiger charge is -2.25. The molecular formula is C11H16BrNOS2. The van der Waals surface area contributed by atoms with Gasteiger partial charge in [-0.2, -0.15) is 0 Å². The van der Waals surface area contributed by atoms with Crippen LogP contribution >= 0.6 is 27.3 Å². The van der Waals surface area contributed by atoms with E-state index < -0.39 is 10.8 Å². The van der Waals surface area contributed by atoms with Gasteiger partial charge >= 0.3 is 0 Å². The molecule has 1 aliphatic rings. The van der Waals surface area contributed by atoms with E-state index in [0.717, 1.165) is 28.8 Å². The zero-order valence-electron chi connectivity index (χ0n) is 9.24. The van der Waals surface area contributed by atoms with E-state index in [1.807, 2.05) is 0 Å². The molecule has 16 heavy (non-hydrogen) atoms. The number of hydrogen-bond acceptors (Lipinski definition) is 3. The van der Waals surface area contributed by atoms with Crippen molar-refractivity contribution in [3.05, 3.63) is 20.8 Å². The first-order valence-electron chi connectivity index (χ1n) is 5.50. The zero-order valence-corrected chi connectivity index (χ0v) is 12.5. The van der Waals surface area contributed by atoms with Gasteiger partial charge in [-0.3, -0.25) is 4.21 Å². The van der Waals surface area contributed by atoms with Gasteiger partial charge in [-0.15, -0.1) is 11.3 Å². The lowest BCUT2D eigenvalue weighted by molar-refractivity contribution is 0.430. The van der Waals surface area contributed by atoms with E-state index in [2.05, 4.69) is 39.6 Å². The maximum Gasteiger partial charge on any atom is 0.0388 e. The van der Waals surface area contributed by atoms with Gasteiger partial charge in [-0.1, -0.05) is 0 Å². The first-order chi connectivity index (χ1) is 7.65. The van der Waals surface area contributed by atoms with Crippen LogP contribution in [0.2, 0.25) is 0 Å². The summed E-state index contributed by atoms with van der Waals surface area (Å²) in [6.07, 6.45) is 2.09. The minimum atomic E-state index is -0.561. The van der Waals surface area contributed by atoms with Gasteiger partial charge in [0.2, 0.25) is 0 Å². The van der Waals surface area contributed by atoms with E-state index in [0.29, 0.717) is 12.1 Å². The van der Waals surface area contributed by atoms with Gasteiger partial charge in [0.1, 0.15) is 0 Å². The Hall–Kier alpha value is 0.290. The fourth-order valence-corrected chi connectivity index (χ4v) is 4.71. The van der Waals surface area contributed by atoms with Crippen molar-refractivity contribution in [1.82, 2.24) is 5.32 Å². The highest BCUT2D eigenvalue weighted by Crippen LogP contribution is 2.26. The Morgan fingerprint density at radius 3 is 2.81 bits per heavy atom. The van der Waals surface area contributed by atoms with Crippen LogP contribution in [0.4, 0.5) is 0 Å². The maximum atomic E-state index is 11.2. The molecule has 1 fully saturated rings. The Bertz CT molecular complexity index is 370. The summed E-state index contributed by atoms with van der Waals surface area (Å²) in [6.45, 7) is 2.20. The van der Waals surface area contributed by atoms with Crippen molar-refractivity contribution in [2.75, 3.05) is 11.5 Å². The summed E-state index contributed by atoms with van der Waals surface area (Å²) < 4.78 is 12.4. The molecule has 1 aromatic heterocycles. The first-order valence-corrected chi connectivity index (χ1v) is 8.66. The SMILES string of the molecule is CC(NC1CCS(=O)CC1)c1cc(Br)cs1. The molecule has 1 saturated heterocycles. The summed E-state index contributed by atoms with van der Waals surface area (Å²) in [4.78, 5) is 1.36. The molecule has 90 valence electrons. The van der Waals surface area contributed by atoms with E-state index in [9.17, 15) is 4.21 Å². The number of halogens is 1. The summed E-state index contributed by atoms with van der Waals surface area (Å²) in [5.41, 5.74) is 0. The van der Waals surface area contributed by atoms with E-state index in [1.54, 1.807) is 11.3 Å². The normalized spacial score (nSPS) is 27.9. The maximum absolute atomic E-state index is 11.2. The average molecular weight is 322 g/mol. The molecule has 0 spiro atoms. The second-order valence-corrected chi connectivity index (χ2v) is 7.73. The van der Waals surface area contributed by atoms with Crippen molar-refractivity contribution in [2.45, 2.75) is 31.8 Å². The van der Waals surface area contributed by atoms with E-state index >= 15 is 0 Å². The molecule has 0 bridgehead atoms. The standard InChI is InChI=1S/C11H16BrNOS2/c1-8(11-6-9(12)7-15-11)13-10-2-4-16(14)5-3-10/h6-8,10,13H,2-5H2,1H3. The number of hydrogen-bond donors (Lipinski definition) is 1. The van der Waals surface area contributed by atoms with Crippen LogP contribution in [-0.4, -0.2) is 21.8 Å². The van der Waals surface area contributed by atoms with Crippen molar-refractivity contribution in [1.29, 1.82) is 0 Å². The second-order valence-electron chi connectivity index (χ2n) is 4.18. The quantitative estimate of drug-likeness (QED) is 0.927. The highest BCUT2D eigenvalue weighted by Gasteiger charge is 2.20. The van der Waals surface area contributed by atoms with Crippen LogP contribution in [-0.2, 0) is 10.8 Å². The third-order valence-electron chi connectivity index (χ3n) is 2.89. The summed E-state index contributed by atoms with van der Waals surface area (Å²) in [5.74, 6) is 1.72. The predicted octanol–water partition coefficient (Wildman–Crippen LogP) is 3.07. The fraction of sp³-hybridized carbons (Fsp3) is 0.636. The fourth-order valence-electron chi connectivity index (χ4n) is 1.95. The van der Waals surface area contributed by atoms with Gasteiger partial charge < -0.3 is 5.32 Å². The van der Waals surface area contributed by atoms with Crippen LogP contribution in [0.3, 0.4) is 0 Å². The first kappa shape index (κ1) is 12.7. The number of thiophene rings is 1. The van der Waals surface area contributed by atoms with Gasteiger partial charge in [0.15, 0.2) is 0 Å². The zero-order chi connectivity index (χ0) is 11.5. The Balaban J connectivity index is 1.87. The summed E-state index contributed by atoms with van der Waals surface area (Å²) >= 11 is 5.25. The minimum absolute atomic E-state index is 0.396. The van der Waals surface area contributed by atoms with Crippen molar-refractivity contribution >= 4 is 38.1 Å². The third kappa shape index (κ3) is 3.39. The molecule has 2 rings (SSSR count). The van der Waals surface area contributed by atoms with Crippen molar-refractivity contribution < 1.29 is 4.21 Å². The van der Waals surface area contributed by atoms with E-state index in [-0.39, 0.29) is 0 Å². The van der Waals surface area contributed by atoms with Crippen LogP contribution < -0.4 is 5.32 Å². The highest BCUT2D eigenvalue weighted by atomic mass is 79.9. The molecule has 0 saturated carbocycles. The van der Waals surface area contributed by atoms with Crippen molar-refractivity contribution in [3.63, 3.8) is 0 Å². The van der Waals surface area contributed by atoms with Crippen molar-refractivity contribution in [2.24, 2.45) is 0 Å². The monoisotopic (exact) mass is 321 g/mol. The molecule has 0 aliphatic carbocycles. The molecule has 5 heteroatoms. The summed E-state index contributed by atoms with van der Waals surface area (Å²) in [6, 6.07) is 3.10. The minimum Gasteiger partial charge on any atom is -0.307 e. The van der Waals surface area contributed by atoms with E-state index in [4.69, 9.17) is 0 Å². The Labute approximate surface area is 111 Å². The topological polar surface area (TPSA) is 29.1 Å². The number of rotatable bonds is 3. The largest absolute Gasteiger partial charge is 0.307 e. The van der Waals surface area contributed by atoms with Crippen LogP contribution in [0.1, 0.15) is 30.7 Å². The molecule has 2 nitrogen and oxygen atoms in total. The van der Waals surface area contributed by atoms with Crippen LogP contribution in [0.15, 0.2) is 15.9 Å². The lowest BCUT2D eigenvalue weighted by atomic mass is 10.1. The second kappa shape index (κ2) is 5.76. The van der Waals surface area contributed by atoms with Crippen LogP contribution in [0.25, 0.3) is 0 Å². The van der Waals surface area contributed by atoms with Gasteiger partial charge in [0, 0.05) is 49.1 Å². The van der Waals surface area contributed by atoms with Gasteiger partial charge in [-0.05, 0) is 41.8 Å². The molecule has 1 atom stereocenters. The van der Waals surface area contributed by atoms with Gasteiger partial charge in [0.25, 0.3) is 0 Å². The molecule has 2 heterocycles. The Kier molecular flexibility index (Phi) is 4.58. The van der Waals surface area contributed by atoms with Crippen molar-refractivity contribution in [3.8, 4) is 0 Å². The molecular weight excluding hydrogens is 306 g/mol. The molecule has 0 amide bonds. The molecule has 1 unspecified atom stereocenters. The predicted molar refractivity (Wildman–Crippen MR) is 74.5 cm³/mol. The lowest BCUT2D eigenvalue weighted by Crippen LogP contribution is -2.36.